The van der Waals surface area contributed by atoms with Gasteiger partial charge in [-0.1, -0.05) is 32.4 Å². The summed E-state index contributed by atoms with van der Waals surface area (Å²) in [5.74, 6) is 0.0328. The molecule has 0 radical (unpaired) electrons. The van der Waals surface area contributed by atoms with Crippen LogP contribution in [0.3, 0.4) is 0 Å². The van der Waals surface area contributed by atoms with Gasteiger partial charge in [0.1, 0.15) is 0 Å². The van der Waals surface area contributed by atoms with Gasteiger partial charge >= 0.3 is 0 Å². The van der Waals surface area contributed by atoms with E-state index >= 15 is 0 Å². The number of benzene rings is 2. The molecular formula is C28H34N4O. The molecule has 2 aromatic carbocycles. The summed E-state index contributed by atoms with van der Waals surface area (Å²) in [6.45, 7) is 7.22. The number of aryl methyl sites for hydroxylation is 2. The lowest BCUT2D eigenvalue weighted by molar-refractivity contribution is 0.0909. The fraction of sp³-hybridized carbons (Fsp3) is 0.429. The number of amides is 1. The SMILES string of the molecule is CCCc1c(CC)c2cc(C(=O)NC3CCN(Cc4ccc(C#N)cc4)CC3)ccc2n1C. The van der Waals surface area contributed by atoms with Crippen LogP contribution in [0.25, 0.3) is 10.9 Å². The van der Waals surface area contributed by atoms with E-state index in [2.05, 4.69) is 53.9 Å². The van der Waals surface area contributed by atoms with Crippen molar-refractivity contribution in [2.45, 2.75) is 58.5 Å². The maximum absolute atomic E-state index is 13.0. The van der Waals surface area contributed by atoms with Crippen molar-refractivity contribution in [1.82, 2.24) is 14.8 Å². The second-order valence-electron chi connectivity index (χ2n) is 9.15. The van der Waals surface area contributed by atoms with Gasteiger partial charge < -0.3 is 9.88 Å². The zero-order valence-electron chi connectivity index (χ0n) is 20.0. The Labute approximate surface area is 197 Å². The molecule has 4 rings (SSSR count). The molecule has 0 atom stereocenters. The van der Waals surface area contributed by atoms with Gasteiger partial charge in [-0.25, -0.2) is 0 Å². The molecule has 1 fully saturated rings. The van der Waals surface area contributed by atoms with E-state index in [-0.39, 0.29) is 11.9 Å². The lowest BCUT2D eigenvalue weighted by Gasteiger charge is -2.32. The van der Waals surface area contributed by atoms with E-state index in [9.17, 15) is 4.79 Å². The van der Waals surface area contributed by atoms with Gasteiger partial charge in [-0.15, -0.1) is 0 Å². The maximum atomic E-state index is 13.0. The van der Waals surface area contributed by atoms with Gasteiger partial charge in [-0.2, -0.15) is 5.26 Å². The Kier molecular flexibility index (Phi) is 7.15. The molecule has 1 amide bonds. The minimum Gasteiger partial charge on any atom is -0.349 e. The van der Waals surface area contributed by atoms with E-state index in [0.717, 1.165) is 57.3 Å². The lowest BCUT2D eigenvalue weighted by Crippen LogP contribution is -2.44. The second kappa shape index (κ2) is 10.2. The summed E-state index contributed by atoms with van der Waals surface area (Å²) in [4.78, 5) is 15.5. The number of rotatable bonds is 7. The maximum Gasteiger partial charge on any atom is 0.251 e. The van der Waals surface area contributed by atoms with E-state index in [1.807, 2.05) is 30.3 Å². The molecule has 0 spiro atoms. The Bertz CT molecular complexity index is 1160. The van der Waals surface area contributed by atoms with Crippen molar-refractivity contribution < 1.29 is 4.79 Å². The van der Waals surface area contributed by atoms with E-state index in [1.54, 1.807) is 0 Å². The Balaban J connectivity index is 1.38. The van der Waals surface area contributed by atoms with Crippen LogP contribution in [0, 0.1) is 11.3 Å². The highest BCUT2D eigenvalue weighted by atomic mass is 16.1. The smallest absolute Gasteiger partial charge is 0.251 e. The number of fused-ring (bicyclic) bond motifs is 1. The number of nitrogens with one attached hydrogen (secondary N) is 1. The van der Waals surface area contributed by atoms with Crippen LogP contribution in [0.15, 0.2) is 42.5 Å². The number of aromatic nitrogens is 1. The largest absolute Gasteiger partial charge is 0.349 e. The summed E-state index contributed by atoms with van der Waals surface area (Å²) in [6, 6.07) is 16.3. The highest BCUT2D eigenvalue weighted by Gasteiger charge is 2.22. The molecule has 1 saturated heterocycles. The zero-order valence-corrected chi connectivity index (χ0v) is 20.0. The Morgan fingerprint density at radius 3 is 2.48 bits per heavy atom. The molecular weight excluding hydrogens is 408 g/mol. The van der Waals surface area contributed by atoms with Gasteiger partial charge in [-0.3, -0.25) is 9.69 Å². The van der Waals surface area contributed by atoms with Gasteiger partial charge in [0, 0.05) is 54.9 Å². The quantitative estimate of drug-likeness (QED) is 0.563. The molecule has 0 bridgehead atoms. The van der Waals surface area contributed by atoms with Gasteiger partial charge in [0.15, 0.2) is 0 Å². The first-order chi connectivity index (χ1) is 16.0. The molecule has 1 aromatic heterocycles. The molecule has 0 saturated carbocycles. The summed E-state index contributed by atoms with van der Waals surface area (Å²) in [5, 5.41) is 13.4. The van der Waals surface area contributed by atoms with Gasteiger partial charge in [-0.05, 0) is 67.1 Å². The van der Waals surface area contributed by atoms with Gasteiger partial charge in [0.05, 0.1) is 11.6 Å². The normalized spacial score (nSPS) is 15.0. The summed E-state index contributed by atoms with van der Waals surface area (Å²) in [5.41, 5.74) is 6.65. The first-order valence-corrected chi connectivity index (χ1v) is 12.2. The number of nitrogens with zero attached hydrogens (tertiary/aromatic N) is 3. The highest BCUT2D eigenvalue weighted by molar-refractivity contribution is 5.99. The third-order valence-corrected chi connectivity index (χ3v) is 6.95. The zero-order chi connectivity index (χ0) is 23.4. The monoisotopic (exact) mass is 442 g/mol. The molecule has 3 aromatic rings. The minimum absolute atomic E-state index is 0.0328. The van der Waals surface area contributed by atoms with Gasteiger partial charge in [0.2, 0.25) is 0 Å². The third-order valence-electron chi connectivity index (χ3n) is 6.95. The first-order valence-electron chi connectivity index (χ1n) is 12.2. The number of hydrogen-bond acceptors (Lipinski definition) is 3. The summed E-state index contributed by atoms with van der Waals surface area (Å²) in [7, 11) is 2.14. The Morgan fingerprint density at radius 1 is 1.12 bits per heavy atom. The number of hydrogen-bond donors (Lipinski definition) is 1. The lowest BCUT2D eigenvalue weighted by atomic mass is 10.0. The van der Waals surface area contributed by atoms with Crippen molar-refractivity contribution >= 4 is 16.8 Å². The van der Waals surface area contributed by atoms with E-state index < -0.39 is 0 Å². The fourth-order valence-electron chi connectivity index (χ4n) is 5.11. The van der Waals surface area contributed by atoms with Gasteiger partial charge in [0.25, 0.3) is 5.91 Å². The van der Waals surface area contributed by atoms with Crippen LogP contribution in [0.1, 0.15) is 65.9 Å². The van der Waals surface area contributed by atoms with E-state index in [1.165, 1.54) is 27.7 Å². The highest BCUT2D eigenvalue weighted by Crippen LogP contribution is 2.28. The van der Waals surface area contributed by atoms with Crippen molar-refractivity contribution in [2.24, 2.45) is 7.05 Å². The average Bonchev–Trinajstić information content (AvgIpc) is 3.11. The number of piperidine rings is 1. The minimum atomic E-state index is 0.0328. The number of carbonyl (C=O) groups is 1. The van der Waals surface area contributed by atoms with Crippen LogP contribution < -0.4 is 5.32 Å². The van der Waals surface area contributed by atoms with Crippen LogP contribution in [-0.4, -0.2) is 34.5 Å². The predicted octanol–water partition coefficient (Wildman–Crippen LogP) is 4.96. The molecule has 5 heteroatoms. The van der Waals surface area contributed by atoms with Crippen molar-refractivity contribution in [3.8, 4) is 6.07 Å². The Morgan fingerprint density at radius 2 is 1.85 bits per heavy atom. The molecule has 33 heavy (non-hydrogen) atoms. The average molecular weight is 443 g/mol. The van der Waals surface area contributed by atoms with Crippen LogP contribution in [-0.2, 0) is 26.4 Å². The van der Waals surface area contributed by atoms with Crippen molar-refractivity contribution in [3.05, 3.63) is 70.4 Å². The molecule has 172 valence electrons. The summed E-state index contributed by atoms with van der Waals surface area (Å²) < 4.78 is 2.29. The van der Waals surface area contributed by atoms with Crippen LogP contribution in [0.4, 0.5) is 0 Å². The fourth-order valence-corrected chi connectivity index (χ4v) is 5.11. The molecule has 0 aliphatic carbocycles. The van der Waals surface area contributed by atoms with E-state index in [0.29, 0.717) is 5.56 Å². The predicted molar refractivity (Wildman–Crippen MR) is 133 cm³/mol. The van der Waals surface area contributed by atoms with Crippen LogP contribution in [0.5, 0.6) is 0 Å². The topological polar surface area (TPSA) is 61.1 Å². The number of nitriles is 1. The van der Waals surface area contributed by atoms with Crippen LogP contribution in [0.2, 0.25) is 0 Å². The van der Waals surface area contributed by atoms with Crippen molar-refractivity contribution in [2.75, 3.05) is 13.1 Å². The second-order valence-corrected chi connectivity index (χ2v) is 9.15. The van der Waals surface area contributed by atoms with Crippen molar-refractivity contribution in [3.63, 3.8) is 0 Å². The molecule has 2 heterocycles. The third kappa shape index (κ3) is 4.96. The summed E-state index contributed by atoms with van der Waals surface area (Å²) in [6.07, 6.45) is 5.08. The first kappa shape index (κ1) is 23.1. The Hall–Kier alpha value is -3.10. The standard InChI is InChI=1S/C28H34N4O/c1-4-6-26-24(5-2)25-17-22(11-12-27(25)31(26)3)28(33)30-23-13-15-32(16-14-23)19-21-9-7-20(18-29)8-10-21/h7-12,17,23H,4-6,13-16,19H2,1-3H3,(H,30,33). The summed E-state index contributed by atoms with van der Waals surface area (Å²) >= 11 is 0. The van der Waals surface area contributed by atoms with E-state index in [4.69, 9.17) is 5.26 Å². The molecule has 1 aliphatic rings. The van der Waals surface area contributed by atoms with Crippen LogP contribution >= 0.6 is 0 Å². The molecule has 5 nitrogen and oxygen atoms in total. The van der Waals surface area contributed by atoms with Crippen molar-refractivity contribution in [1.29, 1.82) is 5.26 Å². The number of likely N-dealkylation sites (tertiary alicyclic amines) is 1. The molecule has 1 N–H and O–H groups in total. The molecule has 1 aliphatic heterocycles. The molecule has 0 unspecified atom stereocenters. The number of carbonyl (C=O) groups excluding carboxylic acids is 1.